The number of amides is 1. The number of pyridine rings is 1. The van der Waals surface area contributed by atoms with Crippen LogP contribution in [0.2, 0.25) is 0 Å². The lowest BCUT2D eigenvalue weighted by Crippen LogP contribution is -2.14. The van der Waals surface area contributed by atoms with Crippen LogP contribution in [0.4, 0.5) is 22.2 Å². The molecule has 1 amide bonds. The van der Waals surface area contributed by atoms with E-state index < -0.39 is 10.1 Å². The highest BCUT2D eigenvalue weighted by atomic mass is 32.3. The second kappa shape index (κ2) is 12.2. The van der Waals surface area contributed by atoms with E-state index in [4.69, 9.17) is 4.18 Å². The Kier molecular flexibility index (Phi) is 8.01. The molecule has 1 N–H and O–H groups in total. The van der Waals surface area contributed by atoms with Crippen LogP contribution in [-0.4, -0.2) is 24.3 Å². The highest BCUT2D eigenvalue weighted by Gasteiger charge is 2.20. The standard InChI is InChI=1S/C32H24N4O4S3/c1-22-6-11-26(35-31(37)24-9-14-28(15-10-24)40-43(38,39)30-5-3-18-41-30)20-29(22)36(32-34-17-19-42-32)27-12-7-23(8-13-27)25-4-2-16-33-21-25/h2-21H,1H3,(H,35,37). The number of aromatic nitrogens is 2. The molecule has 43 heavy (non-hydrogen) atoms. The number of thiazole rings is 1. The first-order valence-electron chi connectivity index (χ1n) is 13.1. The van der Waals surface area contributed by atoms with Gasteiger partial charge in [-0.1, -0.05) is 30.3 Å². The van der Waals surface area contributed by atoms with Crippen LogP contribution in [0.3, 0.4) is 0 Å². The minimum absolute atomic E-state index is 0.112. The molecule has 3 aromatic heterocycles. The molecule has 0 radical (unpaired) electrons. The highest BCUT2D eigenvalue weighted by molar-refractivity contribution is 7.89. The average molecular weight is 625 g/mol. The Labute approximate surface area is 257 Å². The van der Waals surface area contributed by atoms with Crippen LogP contribution in [0.5, 0.6) is 5.75 Å². The summed E-state index contributed by atoms with van der Waals surface area (Å²) < 4.78 is 30.1. The molecule has 3 heterocycles. The predicted octanol–water partition coefficient (Wildman–Crippen LogP) is 8.06. The Bertz CT molecular complexity index is 1940. The number of nitrogens with one attached hydrogen (secondary N) is 1. The molecule has 0 bridgehead atoms. The molecule has 214 valence electrons. The number of carbonyl (C=O) groups is 1. The zero-order chi connectivity index (χ0) is 29.8. The third-order valence-corrected chi connectivity index (χ3v) is 9.86. The van der Waals surface area contributed by atoms with E-state index >= 15 is 0 Å². The Balaban J connectivity index is 1.23. The van der Waals surface area contributed by atoms with Crippen molar-refractivity contribution in [2.24, 2.45) is 0 Å². The van der Waals surface area contributed by atoms with Crippen molar-refractivity contribution in [1.29, 1.82) is 0 Å². The minimum Gasteiger partial charge on any atom is -0.378 e. The van der Waals surface area contributed by atoms with E-state index in [2.05, 4.69) is 20.2 Å². The number of nitrogens with zero attached hydrogens (tertiary/aromatic N) is 3. The number of aryl methyl sites for hydroxylation is 1. The SMILES string of the molecule is Cc1ccc(NC(=O)c2ccc(OS(=O)(=O)c3cccs3)cc2)cc1N(c1ccc(-c2cccnc2)cc1)c1nccs1. The molecule has 0 atom stereocenters. The van der Waals surface area contributed by atoms with Crippen LogP contribution in [0.1, 0.15) is 15.9 Å². The van der Waals surface area contributed by atoms with Crippen molar-refractivity contribution in [3.63, 3.8) is 0 Å². The Hall–Kier alpha value is -4.84. The van der Waals surface area contributed by atoms with Gasteiger partial charge < -0.3 is 9.50 Å². The zero-order valence-corrected chi connectivity index (χ0v) is 25.2. The van der Waals surface area contributed by atoms with Crippen molar-refractivity contribution in [2.75, 3.05) is 10.2 Å². The van der Waals surface area contributed by atoms with E-state index in [9.17, 15) is 13.2 Å². The number of anilines is 4. The topological polar surface area (TPSA) is 101 Å². The molecule has 0 aliphatic carbocycles. The van der Waals surface area contributed by atoms with E-state index in [1.165, 1.54) is 41.7 Å². The lowest BCUT2D eigenvalue weighted by Gasteiger charge is -2.25. The largest absolute Gasteiger partial charge is 0.378 e. The normalized spacial score (nSPS) is 11.2. The van der Waals surface area contributed by atoms with Crippen molar-refractivity contribution < 1.29 is 17.4 Å². The molecular weight excluding hydrogens is 601 g/mol. The van der Waals surface area contributed by atoms with Gasteiger partial charge in [-0.15, -0.1) is 22.7 Å². The second-order valence-electron chi connectivity index (χ2n) is 9.39. The highest BCUT2D eigenvalue weighted by Crippen LogP contribution is 2.39. The summed E-state index contributed by atoms with van der Waals surface area (Å²) in [5.41, 5.74) is 5.81. The molecule has 0 saturated carbocycles. The lowest BCUT2D eigenvalue weighted by atomic mass is 10.1. The van der Waals surface area contributed by atoms with Gasteiger partial charge >= 0.3 is 10.1 Å². The zero-order valence-electron chi connectivity index (χ0n) is 22.7. The van der Waals surface area contributed by atoms with Gasteiger partial charge in [0.15, 0.2) is 9.34 Å². The van der Waals surface area contributed by atoms with E-state index in [0.29, 0.717) is 11.3 Å². The molecule has 8 nitrogen and oxygen atoms in total. The van der Waals surface area contributed by atoms with Gasteiger partial charge in [-0.25, -0.2) is 4.98 Å². The Morgan fingerprint density at radius 2 is 1.67 bits per heavy atom. The number of hydrogen-bond acceptors (Lipinski definition) is 9. The molecule has 0 spiro atoms. The maximum absolute atomic E-state index is 13.1. The van der Waals surface area contributed by atoms with E-state index in [0.717, 1.165) is 44.5 Å². The molecule has 0 aliphatic rings. The summed E-state index contributed by atoms with van der Waals surface area (Å²) in [6.07, 6.45) is 5.34. The van der Waals surface area contributed by atoms with Gasteiger partial charge in [0.25, 0.3) is 5.91 Å². The smallest absolute Gasteiger partial charge is 0.348 e. The van der Waals surface area contributed by atoms with Gasteiger partial charge in [-0.05, 0) is 89.7 Å². The maximum Gasteiger partial charge on any atom is 0.348 e. The Morgan fingerprint density at radius 1 is 0.860 bits per heavy atom. The number of rotatable bonds is 9. The molecule has 0 saturated heterocycles. The van der Waals surface area contributed by atoms with E-state index in [1.54, 1.807) is 23.8 Å². The summed E-state index contributed by atoms with van der Waals surface area (Å²) in [6, 6.07) is 26.9. The van der Waals surface area contributed by atoms with Crippen molar-refractivity contribution >= 4 is 60.9 Å². The predicted molar refractivity (Wildman–Crippen MR) is 171 cm³/mol. The molecular formula is C32H24N4O4S3. The van der Waals surface area contributed by atoms with Crippen molar-refractivity contribution in [1.82, 2.24) is 9.97 Å². The van der Waals surface area contributed by atoms with Crippen molar-refractivity contribution in [3.8, 4) is 16.9 Å². The van der Waals surface area contributed by atoms with Crippen LogP contribution >= 0.6 is 22.7 Å². The van der Waals surface area contributed by atoms with Gasteiger partial charge in [0, 0.05) is 40.9 Å². The third-order valence-electron chi connectivity index (χ3n) is 6.50. The first-order valence-corrected chi connectivity index (χ1v) is 16.2. The van der Waals surface area contributed by atoms with Crippen LogP contribution < -0.4 is 14.4 Å². The summed E-state index contributed by atoms with van der Waals surface area (Å²) in [4.78, 5) is 24.0. The molecule has 6 aromatic rings. The van der Waals surface area contributed by atoms with E-state index in [1.807, 2.05) is 73.1 Å². The summed E-state index contributed by atoms with van der Waals surface area (Å²) >= 11 is 2.59. The Morgan fingerprint density at radius 3 is 2.35 bits per heavy atom. The van der Waals surface area contributed by atoms with Crippen molar-refractivity contribution in [2.45, 2.75) is 11.1 Å². The summed E-state index contributed by atoms with van der Waals surface area (Å²) in [5.74, 6) is -0.222. The molecule has 0 fully saturated rings. The summed E-state index contributed by atoms with van der Waals surface area (Å²) in [5, 5.41) is 7.32. The second-order valence-corrected chi connectivity index (χ2v) is 13.0. The van der Waals surface area contributed by atoms with Gasteiger partial charge in [-0.3, -0.25) is 14.7 Å². The van der Waals surface area contributed by atoms with Crippen LogP contribution in [0, 0.1) is 6.92 Å². The molecule has 11 heteroatoms. The maximum atomic E-state index is 13.1. The molecule has 3 aromatic carbocycles. The van der Waals surface area contributed by atoms with Gasteiger partial charge in [-0.2, -0.15) is 8.42 Å². The lowest BCUT2D eigenvalue weighted by molar-refractivity contribution is 0.102. The molecule has 6 rings (SSSR count). The van der Waals surface area contributed by atoms with Crippen LogP contribution in [-0.2, 0) is 10.1 Å². The molecule has 0 unspecified atom stereocenters. The van der Waals surface area contributed by atoms with Crippen LogP contribution in [0.25, 0.3) is 11.1 Å². The first kappa shape index (κ1) is 28.3. The average Bonchev–Trinajstić information content (AvgIpc) is 3.76. The molecule has 0 aliphatic heterocycles. The number of thiophene rings is 1. The van der Waals surface area contributed by atoms with Gasteiger partial charge in [0.2, 0.25) is 0 Å². The monoisotopic (exact) mass is 624 g/mol. The first-order chi connectivity index (χ1) is 20.9. The quantitative estimate of drug-likeness (QED) is 0.162. The van der Waals surface area contributed by atoms with Crippen molar-refractivity contribution in [3.05, 3.63) is 131 Å². The van der Waals surface area contributed by atoms with Gasteiger partial charge in [0.05, 0.1) is 5.69 Å². The van der Waals surface area contributed by atoms with Gasteiger partial charge in [0.1, 0.15) is 5.75 Å². The summed E-state index contributed by atoms with van der Waals surface area (Å²) in [6.45, 7) is 2.01. The third kappa shape index (κ3) is 6.33. The van der Waals surface area contributed by atoms with E-state index in [-0.39, 0.29) is 15.9 Å². The number of hydrogen-bond donors (Lipinski definition) is 1. The fraction of sp³-hybridized carbons (Fsp3) is 0.0312. The fourth-order valence-corrected chi connectivity index (χ4v) is 6.94. The van der Waals surface area contributed by atoms with Crippen LogP contribution in [0.15, 0.2) is 125 Å². The number of benzene rings is 3. The number of carbonyl (C=O) groups excluding carboxylic acids is 1. The summed E-state index contributed by atoms with van der Waals surface area (Å²) in [7, 11) is -3.92. The fourth-order valence-electron chi connectivity index (χ4n) is 4.38. The minimum atomic E-state index is -3.92.